The molecule has 0 radical (unpaired) electrons. The molecule has 0 aromatic carbocycles. The molecule has 0 aromatic heterocycles. The van der Waals surface area contributed by atoms with Crippen molar-refractivity contribution < 1.29 is 13.2 Å². The predicted molar refractivity (Wildman–Crippen MR) is 75.2 cm³/mol. The molecule has 0 spiro atoms. The van der Waals surface area contributed by atoms with Crippen LogP contribution in [0.15, 0.2) is 0 Å². The first-order chi connectivity index (χ1) is 9.43. The summed E-state index contributed by atoms with van der Waals surface area (Å²) in [5.41, 5.74) is 6.33. The lowest BCUT2D eigenvalue weighted by Gasteiger charge is -2.42. The lowest BCUT2D eigenvalue weighted by atomic mass is 9.67. The number of nitrogens with two attached hydrogens (primary N) is 1. The lowest BCUT2D eigenvalue weighted by Crippen LogP contribution is -2.47. The topological polar surface area (TPSA) is 26.0 Å². The van der Waals surface area contributed by atoms with E-state index in [9.17, 15) is 13.2 Å². The Labute approximate surface area is 120 Å². The third-order valence-electron chi connectivity index (χ3n) is 5.68. The summed E-state index contributed by atoms with van der Waals surface area (Å²) in [7, 11) is 0. The van der Waals surface area contributed by atoms with Crippen molar-refractivity contribution >= 4 is 0 Å². The molecule has 1 nitrogen and oxygen atoms in total. The highest BCUT2D eigenvalue weighted by atomic mass is 19.4. The van der Waals surface area contributed by atoms with Crippen LogP contribution in [0.2, 0.25) is 0 Å². The van der Waals surface area contributed by atoms with E-state index in [1.54, 1.807) is 0 Å². The smallest absolute Gasteiger partial charge is 0.327 e. The van der Waals surface area contributed by atoms with E-state index in [0.717, 1.165) is 32.1 Å². The van der Waals surface area contributed by atoms with E-state index in [2.05, 4.69) is 6.92 Å². The van der Waals surface area contributed by atoms with Crippen molar-refractivity contribution in [1.29, 1.82) is 0 Å². The van der Waals surface area contributed by atoms with Gasteiger partial charge in [0.1, 0.15) is 0 Å². The summed E-state index contributed by atoms with van der Waals surface area (Å²) in [4.78, 5) is 0. The molecule has 2 rings (SSSR count). The van der Waals surface area contributed by atoms with Crippen LogP contribution < -0.4 is 5.73 Å². The summed E-state index contributed by atoms with van der Waals surface area (Å²) in [5, 5.41) is 0. The summed E-state index contributed by atoms with van der Waals surface area (Å²) in [6.45, 7) is 2.18. The molecule has 2 aliphatic carbocycles. The molecular weight excluding hydrogens is 263 g/mol. The van der Waals surface area contributed by atoms with Gasteiger partial charge >= 0.3 is 6.18 Å². The van der Waals surface area contributed by atoms with Gasteiger partial charge in [0.2, 0.25) is 0 Å². The Bertz CT molecular complexity index is 303. The lowest BCUT2D eigenvalue weighted by molar-refractivity contribution is -0.200. The average Bonchev–Trinajstić information content (AvgIpc) is 2.45. The largest absolute Gasteiger partial charge is 0.392 e. The average molecular weight is 291 g/mol. The van der Waals surface area contributed by atoms with E-state index in [1.165, 1.54) is 6.42 Å². The van der Waals surface area contributed by atoms with Gasteiger partial charge in [-0.2, -0.15) is 13.2 Å². The van der Waals surface area contributed by atoms with Gasteiger partial charge in [-0.15, -0.1) is 0 Å². The van der Waals surface area contributed by atoms with Gasteiger partial charge in [-0.3, -0.25) is 0 Å². The summed E-state index contributed by atoms with van der Waals surface area (Å²) in [5.74, 6) is -0.521. The fourth-order valence-corrected chi connectivity index (χ4v) is 4.43. The Kier molecular flexibility index (Phi) is 5.38. The molecule has 2 aliphatic rings. The van der Waals surface area contributed by atoms with Crippen molar-refractivity contribution in [3.05, 3.63) is 0 Å². The molecule has 118 valence electrons. The van der Waals surface area contributed by atoms with Crippen LogP contribution in [0.1, 0.15) is 64.7 Å². The van der Waals surface area contributed by atoms with E-state index < -0.39 is 12.1 Å². The molecule has 5 unspecified atom stereocenters. The summed E-state index contributed by atoms with van der Waals surface area (Å²) < 4.78 is 39.6. The van der Waals surface area contributed by atoms with Crippen molar-refractivity contribution in [2.24, 2.45) is 29.4 Å². The zero-order valence-electron chi connectivity index (χ0n) is 12.5. The molecule has 0 heterocycles. The zero-order valence-corrected chi connectivity index (χ0v) is 12.5. The van der Waals surface area contributed by atoms with E-state index in [-0.39, 0.29) is 18.4 Å². The molecule has 20 heavy (non-hydrogen) atoms. The van der Waals surface area contributed by atoms with Gasteiger partial charge in [0.15, 0.2) is 0 Å². The van der Waals surface area contributed by atoms with E-state index >= 15 is 0 Å². The molecule has 0 amide bonds. The number of halogens is 3. The van der Waals surface area contributed by atoms with Crippen molar-refractivity contribution in [3.63, 3.8) is 0 Å². The second-order valence-corrected chi connectivity index (χ2v) is 6.87. The van der Waals surface area contributed by atoms with Crippen LogP contribution in [0.5, 0.6) is 0 Å². The third-order valence-corrected chi connectivity index (χ3v) is 5.68. The quantitative estimate of drug-likeness (QED) is 0.786. The molecule has 0 aliphatic heterocycles. The Morgan fingerprint density at radius 3 is 2.40 bits per heavy atom. The number of hydrogen-bond donors (Lipinski definition) is 1. The van der Waals surface area contributed by atoms with Gasteiger partial charge in [-0.25, -0.2) is 0 Å². The Morgan fingerprint density at radius 2 is 1.75 bits per heavy atom. The van der Waals surface area contributed by atoms with Crippen LogP contribution in [-0.4, -0.2) is 12.2 Å². The Morgan fingerprint density at radius 1 is 1.05 bits per heavy atom. The van der Waals surface area contributed by atoms with E-state index in [4.69, 9.17) is 5.73 Å². The van der Waals surface area contributed by atoms with Crippen molar-refractivity contribution in [2.45, 2.75) is 76.9 Å². The van der Waals surface area contributed by atoms with Crippen LogP contribution in [0, 0.1) is 23.7 Å². The van der Waals surface area contributed by atoms with Gasteiger partial charge < -0.3 is 5.73 Å². The van der Waals surface area contributed by atoms with E-state index in [0.29, 0.717) is 24.7 Å². The van der Waals surface area contributed by atoms with Gasteiger partial charge in [-0.05, 0) is 43.4 Å². The third kappa shape index (κ3) is 3.69. The molecule has 0 aromatic rings. The van der Waals surface area contributed by atoms with Crippen LogP contribution in [-0.2, 0) is 0 Å². The Balaban J connectivity index is 2.03. The molecule has 4 heteroatoms. The van der Waals surface area contributed by atoms with Gasteiger partial charge in [0.05, 0.1) is 5.92 Å². The highest BCUT2D eigenvalue weighted by Crippen LogP contribution is 2.45. The highest BCUT2D eigenvalue weighted by Gasteiger charge is 2.48. The number of rotatable bonds is 3. The second kappa shape index (κ2) is 6.67. The fraction of sp³-hybridized carbons (Fsp3) is 1.00. The first kappa shape index (κ1) is 16.1. The van der Waals surface area contributed by atoms with Crippen molar-refractivity contribution in [2.75, 3.05) is 0 Å². The van der Waals surface area contributed by atoms with Crippen LogP contribution >= 0.6 is 0 Å². The van der Waals surface area contributed by atoms with Crippen LogP contribution in [0.25, 0.3) is 0 Å². The monoisotopic (exact) mass is 291 g/mol. The maximum Gasteiger partial charge on any atom is 0.392 e. The SMILES string of the molecule is CCC1CCCC(C(N)C2CCCCC2C(F)(F)F)C1. The van der Waals surface area contributed by atoms with Gasteiger partial charge in [0, 0.05) is 6.04 Å². The van der Waals surface area contributed by atoms with Gasteiger partial charge in [0.25, 0.3) is 0 Å². The van der Waals surface area contributed by atoms with Crippen molar-refractivity contribution in [1.82, 2.24) is 0 Å². The zero-order chi connectivity index (χ0) is 14.8. The van der Waals surface area contributed by atoms with Crippen molar-refractivity contribution in [3.8, 4) is 0 Å². The Hall–Kier alpha value is -0.250. The fourth-order valence-electron chi connectivity index (χ4n) is 4.43. The van der Waals surface area contributed by atoms with E-state index in [1.807, 2.05) is 0 Å². The molecule has 2 saturated carbocycles. The molecule has 2 fully saturated rings. The number of hydrogen-bond acceptors (Lipinski definition) is 1. The van der Waals surface area contributed by atoms with Crippen LogP contribution in [0.3, 0.4) is 0 Å². The first-order valence-electron chi connectivity index (χ1n) is 8.25. The predicted octanol–water partition coefficient (Wildman–Crippen LogP) is 4.90. The maximum absolute atomic E-state index is 13.2. The minimum absolute atomic E-state index is 0.253. The number of alkyl halides is 3. The van der Waals surface area contributed by atoms with Gasteiger partial charge in [-0.1, -0.05) is 39.0 Å². The normalized spacial score (nSPS) is 37.6. The summed E-state index contributed by atoms with van der Waals surface area (Å²) in [6.07, 6.45) is 4.07. The second-order valence-electron chi connectivity index (χ2n) is 6.87. The summed E-state index contributed by atoms with van der Waals surface area (Å²) in [6, 6.07) is -0.253. The van der Waals surface area contributed by atoms with Crippen LogP contribution in [0.4, 0.5) is 13.2 Å². The first-order valence-corrected chi connectivity index (χ1v) is 8.25. The summed E-state index contributed by atoms with van der Waals surface area (Å²) >= 11 is 0. The molecule has 5 atom stereocenters. The molecule has 2 N–H and O–H groups in total. The minimum atomic E-state index is -4.07. The minimum Gasteiger partial charge on any atom is -0.327 e. The standard InChI is InChI=1S/C16H28F3N/c1-2-11-6-5-7-12(10-11)15(20)13-8-3-4-9-14(13)16(17,18)19/h11-15H,2-10,20H2,1H3. The molecular formula is C16H28F3N. The molecule has 0 bridgehead atoms. The highest BCUT2D eigenvalue weighted by molar-refractivity contribution is 4.91. The maximum atomic E-state index is 13.2. The molecule has 0 saturated heterocycles.